The summed E-state index contributed by atoms with van der Waals surface area (Å²) in [6, 6.07) is 7.27. The quantitative estimate of drug-likeness (QED) is 0.738. The number of nitrogens with one attached hydrogen (secondary N) is 1. The lowest BCUT2D eigenvalue weighted by Crippen LogP contribution is -2.14. The van der Waals surface area contributed by atoms with Crippen molar-refractivity contribution in [2.75, 3.05) is 5.32 Å². The highest BCUT2D eigenvalue weighted by Crippen LogP contribution is 2.13. The third-order valence-corrected chi connectivity index (χ3v) is 3.58. The first-order valence-electron chi connectivity index (χ1n) is 7.07. The molecule has 6 heteroatoms. The number of carbonyl (C=O) groups is 1. The van der Waals surface area contributed by atoms with Crippen molar-refractivity contribution in [3.63, 3.8) is 0 Å². The molecule has 0 aromatic carbocycles. The summed E-state index contributed by atoms with van der Waals surface area (Å²) in [6.07, 6.45) is 7.99. The van der Waals surface area contributed by atoms with Gasteiger partial charge in [-0.3, -0.25) is 9.78 Å². The molecule has 0 aliphatic heterocycles. The highest BCUT2D eigenvalue weighted by molar-refractivity contribution is 9.10. The van der Waals surface area contributed by atoms with E-state index in [0.29, 0.717) is 11.5 Å². The Labute approximate surface area is 145 Å². The fourth-order valence-corrected chi connectivity index (χ4v) is 2.27. The van der Waals surface area contributed by atoms with Crippen molar-refractivity contribution in [1.82, 2.24) is 9.97 Å². The number of aryl methyl sites for hydroxylation is 1. The number of nitrogens with zero attached hydrogens (tertiary/aromatic N) is 2. The molecule has 2 rings (SSSR count). The standard InChI is InChI=1S/C16H18BrN3O.ClH/c1-2-3-4-5-12-6-7-14(19-11-12)16(21)20-15-10-13(17)8-9-18-15;/h6-11H,2-5H2,1H3,(H,18,20,21);1H. The summed E-state index contributed by atoms with van der Waals surface area (Å²) in [4.78, 5) is 20.4. The lowest BCUT2D eigenvalue weighted by molar-refractivity contribution is 0.102. The van der Waals surface area contributed by atoms with Gasteiger partial charge in [0.2, 0.25) is 0 Å². The molecule has 0 bridgehead atoms. The smallest absolute Gasteiger partial charge is 0.275 e. The summed E-state index contributed by atoms with van der Waals surface area (Å²) in [7, 11) is 0. The van der Waals surface area contributed by atoms with Gasteiger partial charge in [0.15, 0.2) is 0 Å². The Morgan fingerprint density at radius 3 is 2.68 bits per heavy atom. The van der Waals surface area contributed by atoms with E-state index in [9.17, 15) is 4.79 Å². The van der Waals surface area contributed by atoms with E-state index in [1.807, 2.05) is 6.07 Å². The fourth-order valence-electron chi connectivity index (χ4n) is 1.94. The monoisotopic (exact) mass is 383 g/mol. The first kappa shape index (κ1) is 18.6. The molecule has 1 N–H and O–H groups in total. The van der Waals surface area contributed by atoms with Crippen LogP contribution in [-0.4, -0.2) is 15.9 Å². The van der Waals surface area contributed by atoms with Crippen molar-refractivity contribution in [3.05, 3.63) is 52.4 Å². The normalized spacial score (nSPS) is 9.91. The molecule has 0 atom stereocenters. The van der Waals surface area contributed by atoms with Crippen molar-refractivity contribution < 1.29 is 4.79 Å². The van der Waals surface area contributed by atoms with E-state index >= 15 is 0 Å². The molecule has 22 heavy (non-hydrogen) atoms. The molecule has 118 valence electrons. The number of amides is 1. The molecular weight excluding hydrogens is 366 g/mol. The molecule has 2 aromatic rings. The first-order valence-corrected chi connectivity index (χ1v) is 7.86. The SMILES string of the molecule is CCCCCc1ccc(C(=O)Nc2cc(Br)ccn2)nc1.Cl. The Kier molecular flexibility index (Phi) is 8.06. The van der Waals surface area contributed by atoms with Crippen LogP contribution in [-0.2, 0) is 6.42 Å². The van der Waals surface area contributed by atoms with E-state index in [1.165, 1.54) is 18.4 Å². The largest absolute Gasteiger partial charge is 0.305 e. The van der Waals surface area contributed by atoms with Crippen LogP contribution in [0.15, 0.2) is 41.1 Å². The van der Waals surface area contributed by atoms with Crippen LogP contribution in [0.2, 0.25) is 0 Å². The van der Waals surface area contributed by atoms with Gasteiger partial charge in [0.05, 0.1) is 0 Å². The molecule has 0 saturated heterocycles. The predicted octanol–water partition coefficient (Wildman–Crippen LogP) is 4.65. The van der Waals surface area contributed by atoms with E-state index in [1.54, 1.807) is 30.6 Å². The average molecular weight is 385 g/mol. The number of pyridine rings is 2. The maximum atomic E-state index is 12.1. The van der Waals surface area contributed by atoms with Crippen LogP contribution in [0.4, 0.5) is 5.82 Å². The number of rotatable bonds is 6. The van der Waals surface area contributed by atoms with E-state index < -0.39 is 0 Å². The van der Waals surface area contributed by atoms with Gasteiger partial charge in [-0.1, -0.05) is 41.8 Å². The molecule has 0 fully saturated rings. The second-order valence-electron chi connectivity index (χ2n) is 4.82. The molecule has 0 unspecified atom stereocenters. The molecule has 0 saturated carbocycles. The first-order chi connectivity index (χ1) is 10.2. The van der Waals surface area contributed by atoms with Crippen LogP contribution < -0.4 is 5.32 Å². The van der Waals surface area contributed by atoms with Crippen LogP contribution in [0, 0.1) is 0 Å². The topological polar surface area (TPSA) is 54.9 Å². The van der Waals surface area contributed by atoms with E-state index in [-0.39, 0.29) is 18.3 Å². The molecule has 1 amide bonds. The summed E-state index contributed by atoms with van der Waals surface area (Å²) in [6.45, 7) is 2.18. The summed E-state index contributed by atoms with van der Waals surface area (Å²) < 4.78 is 0.868. The zero-order valence-corrected chi connectivity index (χ0v) is 14.8. The third kappa shape index (κ3) is 5.73. The Balaban J connectivity index is 0.00000242. The van der Waals surface area contributed by atoms with Crippen molar-refractivity contribution >= 4 is 40.1 Å². The summed E-state index contributed by atoms with van der Waals surface area (Å²) in [5.74, 6) is 0.254. The Morgan fingerprint density at radius 1 is 1.23 bits per heavy atom. The van der Waals surface area contributed by atoms with Gasteiger partial charge in [-0.25, -0.2) is 4.98 Å². The summed E-state index contributed by atoms with van der Waals surface area (Å²) in [5.41, 5.74) is 1.57. The van der Waals surface area contributed by atoms with Gasteiger partial charge in [-0.15, -0.1) is 12.4 Å². The highest BCUT2D eigenvalue weighted by atomic mass is 79.9. The lowest BCUT2D eigenvalue weighted by Gasteiger charge is -2.05. The van der Waals surface area contributed by atoms with Gasteiger partial charge in [0.25, 0.3) is 5.91 Å². The maximum Gasteiger partial charge on any atom is 0.275 e. The van der Waals surface area contributed by atoms with Gasteiger partial charge in [0.1, 0.15) is 11.5 Å². The Bertz CT molecular complexity index is 605. The van der Waals surface area contributed by atoms with Crippen molar-refractivity contribution in [2.45, 2.75) is 32.6 Å². The van der Waals surface area contributed by atoms with Gasteiger partial charge in [0, 0.05) is 16.9 Å². The lowest BCUT2D eigenvalue weighted by atomic mass is 10.1. The van der Waals surface area contributed by atoms with Crippen LogP contribution in [0.5, 0.6) is 0 Å². The summed E-state index contributed by atoms with van der Waals surface area (Å²) in [5, 5.41) is 2.73. The minimum atomic E-state index is -0.249. The van der Waals surface area contributed by atoms with Crippen molar-refractivity contribution in [3.8, 4) is 0 Å². The minimum Gasteiger partial charge on any atom is -0.305 e. The Hall–Kier alpha value is -1.46. The number of aromatic nitrogens is 2. The average Bonchev–Trinajstić information content (AvgIpc) is 2.48. The van der Waals surface area contributed by atoms with Crippen LogP contribution >= 0.6 is 28.3 Å². The van der Waals surface area contributed by atoms with Crippen molar-refractivity contribution in [1.29, 1.82) is 0 Å². The predicted molar refractivity (Wildman–Crippen MR) is 94.6 cm³/mol. The molecule has 2 aromatic heterocycles. The third-order valence-electron chi connectivity index (χ3n) is 3.09. The van der Waals surface area contributed by atoms with Crippen molar-refractivity contribution in [2.24, 2.45) is 0 Å². The molecule has 2 heterocycles. The Morgan fingerprint density at radius 2 is 2.05 bits per heavy atom. The number of hydrogen-bond acceptors (Lipinski definition) is 3. The number of anilines is 1. The van der Waals surface area contributed by atoms with Gasteiger partial charge >= 0.3 is 0 Å². The zero-order chi connectivity index (χ0) is 15.1. The van der Waals surface area contributed by atoms with Gasteiger partial charge in [-0.2, -0.15) is 0 Å². The van der Waals surface area contributed by atoms with E-state index in [4.69, 9.17) is 0 Å². The molecular formula is C16H19BrClN3O. The zero-order valence-electron chi connectivity index (χ0n) is 12.4. The van der Waals surface area contributed by atoms with Gasteiger partial charge in [-0.05, 0) is 36.6 Å². The number of carbonyl (C=O) groups excluding carboxylic acids is 1. The van der Waals surface area contributed by atoms with Crippen LogP contribution in [0.1, 0.15) is 42.2 Å². The van der Waals surface area contributed by atoms with E-state index in [0.717, 1.165) is 17.3 Å². The maximum absolute atomic E-state index is 12.1. The molecule has 0 aliphatic carbocycles. The molecule has 0 aliphatic rings. The minimum absolute atomic E-state index is 0. The fraction of sp³-hybridized carbons (Fsp3) is 0.312. The summed E-state index contributed by atoms with van der Waals surface area (Å²) >= 11 is 3.34. The molecule has 0 spiro atoms. The van der Waals surface area contributed by atoms with Gasteiger partial charge < -0.3 is 5.32 Å². The second-order valence-corrected chi connectivity index (χ2v) is 5.74. The van der Waals surface area contributed by atoms with Crippen LogP contribution in [0.25, 0.3) is 0 Å². The molecule has 0 radical (unpaired) electrons. The van der Waals surface area contributed by atoms with Crippen LogP contribution in [0.3, 0.4) is 0 Å². The number of unbranched alkanes of at least 4 members (excludes halogenated alkanes) is 2. The second kappa shape index (κ2) is 9.54. The highest BCUT2D eigenvalue weighted by Gasteiger charge is 2.08. The molecule has 4 nitrogen and oxygen atoms in total. The number of halogens is 2. The van der Waals surface area contributed by atoms with E-state index in [2.05, 4.69) is 38.1 Å². The number of hydrogen-bond donors (Lipinski definition) is 1.